The van der Waals surface area contributed by atoms with Crippen molar-refractivity contribution in [3.8, 4) is 6.07 Å². The number of nitrogens with one attached hydrogen (secondary N) is 1. The summed E-state index contributed by atoms with van der Waals surface area (Å²) in [6.07, 6.45) is 0. The predicted molar refractivity (Wildman–Crippen MR) is 78.9 cm³/mol. The number of hydrogen-bond acceptors (Lipinski definition) is 6. The first-order chi connectivity index (χ1) is 9.97. The summed E-state index contributed by atoms with van der Waals surface area (Å²) in [6.45, 7) is 7.05. The van der Waals surface area contributed by atoms with Gasteiger partial charge >= 0.3 is 0 Å². The Balaban J connectivity index is 2.00. The van der Waals surface area contributed by atoms with E-state index in [1.807, 2.05) is 19.9 Å². The van der Waals surface area contributed by atoms with Gasteiger partial charge in [0.1, 0.15) is 5.54 Å². The summed E-state index contributed by atoms with van der Waals surface area (Å²) >= 11 is 0. The fourth-order valence-electron chi connectivity index (χ4n) is 2.31. The maximum Gasteiger partial charge on any atom is 0.271 e. The molecule has 112 valence electrons. The van der Waals surface area contributed by atoms with Crippen molar-refractivity contribution in [2.45, 2.75) is 19.4 Å². The highest BCUT2D eigenvalue weighted by molar-refractivity contribution is 5.91. The molecule has 0 radical (unpaired) electrons. The molecule has 1 aromatic heterocycles. The molecular weight excluding hydrogens is 268 g/mol. The van der Waals surface area contributed by atoms with Crippen LogP contribution in [0.25, 0.3) is 0 Å². The standard InChI is InChI=1S/C14H20N6O/c1-14(2,10-15)20-8-6-19(7-9-20)12-5-4-11(17-18-12)13(21)16-3/h4-5H,6-9H2,1-3H3,(H,16,21). The molecule has 0 aliphatic carbocycles. The highest BCUT2D eigenvalue weighted by Gasteiger charge is 2.30. The van der Waals surface area contributed by atoms with E-state index in [0.29, 0.717) is 5.69 Å². The highest BCUT2D eigenvalue weighted by atomic mass is 16.1. The lowest BCUT2D eigenvalue weighted by atomic mass is 10.0. The third kappa shape index (κ3) is 3.28. The summed E-state index contributed by atoms with van der Waals surface area (Å²) in [5.41, 5.74) is -0.133. The Bertz CT molecular complexity index is 540. The summed E-state index contributed by atoms with van der Waals surface area (Å²) in [7, 11) is 1.56. The molecule has 1 fully saturated rings. The van der Waals surface area contributed by atoms with Crippen LogP contribution in [-0.2, 0) is 0 Å². The number of anilines is 1. The van der Waals surface area contributed by atoms with Crippen molar-refractivity contribution in [3.63, 3.8) is 0 Å². The molecule has 0 spiro atoms. The van der Waals surface area contributed by atoms with Crippen molar-refractivity contribution >= 4 is 11.7 Å². The Morgan fingerprint density at radius 1 is 1.29 bits per heavy atom. The molecule has 1 N–H and O–H groups in total. The van der Waals surface area contributed by atoms with Crippen molar-refractivity contribution in [3.05, 3.63) is 17.8 Å². The van der Waals surface area contributed by atoms with E-state index in [-0.39, 0.29) is 5.91 Å². The Labute approximate surface area is 124 Å². The lowest BCUT2D eigenvalue weighted by Gasteiger charge is -2.40. The maximum atomic E-state index is 11.4. The van der Waals surface area contributed by atoms with Gasteiger partial charge in [-0.25, -0.2) is 0 Å². The molecule has 1 aliphatic rings. The minimum Gasteiger partial charge on any atom is -0.354 e. The average Bonchev–Trinajstić information content (AvgIpc) is 2.54. The predicted octanol–water partition coefficient (Wildman–Crippen LogP) is 0.260. The fraction of sp³-hybridized carbons (Fsp3) is 0.571. The van der Waals surface area contributed by atoms with E-state index in [9.17, 15) is 4.79 Å². The Morgan fingerprint density at radius 3 is 2.43 bits per heavy atom. The average molecular weight is 288 g/mol. The fourth-order valence-corrected chi connectivity index (χ4v) is 2.31. The van der Waals surface area contributed by atoms with Crippen LogP contribution in [-0.4, -0.2) is 59.8 Å². The minimum atomic E-state index is -0.444. The van der Waals surface area contributed by atoms with Crippen LogP contribution in [0.1, 0.15) is 24.3 Å². The van der Waals surface area contributed by atoms with Gasteiger partial charge in [-0.1, -0.05) is 0 Å². The zero-order valence-electron chi connectivity index (χ0n) is 12.6. The molecule has 21 heavy (non-hydrogen) atoms. The van der Waals surface area contributed by atoms with Crippen LogP contribution < -0.4 is 10.2 Å². The number of amides is 1. The summed E-state index contributed by atoms with van der Waals surface area (Å²) in [5.74, 6) is 0.520. The summed E-state index contributed by atoms with van der Waals surface area (Å²) in [6, 6.07) is 5.81. The van der Waals surface area contributed by atoms with Gasteiger partial charge in [-0.3, -0.25) is 9.69 Å². The van der Waals surface area contributed by atoms with E-state index >= 15 is 0 Å². The van der Waals surface area contributed by atoms with Gasteiger partial charge in [0.05, 0.1) is 6.07 Å². The quantitative estimate of drug-likeness (QED) is 0.859. The molecule has 2 heterocycles. The van der Waals surface area contributed by atoms with Crippen molar-refractivity contribution < 1.29 is 4.79 Å². The first-order valence-corrected chi connectivity index (χ1v) is 6.95. The first-order valence-electron chi connectivity index (χ1n) is 6.95. The number of nitrogens with zero attached hydrogens (tertiary/aromatic N) is 5. The molecule has 1 saturated heterocycles. The molecule has 2 rings (SSSR count). The Morgan fingerprint density at radius 2 is 1.95 bits per heavy atom. The van der Waals surface area contributed by atoms with E-state index in [0.717, 1.165) is 32.0 Å². The second kappa shape index (κ2) is 6.06. The van der Waals surface area contributed by atoms with Crippen LogP contribution in [0.2, 0.25) is 0 Å². The molecule has 1 amide bonds. The van der Waals surface area contributed by atoms with E-state index < -0.39 is 5.54 Å². The van der Waals surface area contributed by atoms with E-state index in [4.69, 9.17) is 5.26 Å². The number of rotatable bonds is 3. The van der Waals surface area contributed by atoms with Crippen LogP contribution in [0.5, 0.6) is 0 Å². The van der Waals surface area contributed by atoms with Gasteiger partial charge in [0.25, 0.3) is 5.91 Å². The van der Waals surface area contributed by atoms with Gasteiger partial charge in [0.15, 0.2) is 11.5 Å². The van der Waals surface area contributed by atoms with E-state index in [2.05, 4.69) is 31.4 Å². The summed E-state index contributed by atoms with van der Waals surface area (Å²) in [4.78, 5) is 15.7. The van der Waals surface area contributed by atoms with Crippen LogP contribution >= 0.6 is 0 Å². The van der Waals surface area contributed by atoms with Gasteiger partial charge in [-0.05, 0) is 26.0 Å². The van der Waals surface area contributed by atoms with Crippen molar-refractivity contribution in [1.29, 1.82) is 5.26 Å². The molecule has 7 nitrogen and oxygen atoms in total. The molecule has 0 saturated carbocycles. The third-order valence-corrected chi connectivity index (χ3v) is 3.78. The molecular formula is C14H20N6O. The number of piperazine rings is 1. The second-order valence-corrected chi connectivity index (χ2v) is 5.50. The minimum absolute atomic E-state index is 0.241. The Kier molecular flexibility index (Phi) is 4.38. The number of carbonyl (C=O) groups is 1. The van der Waals surface area contributed by atoms with Gasteiger partial charge in [-0.2, -0.15) is 5.26 Å². The zero-order valence-corrected chi connectivity index (χ0v) is 12.6. The van der Waals surface area contributed by atoms with Gasteiger partial charge < -0.3 is 10.2 Å². The molecule has 0 unspecified atom stereocenters. The lowest BCUT2D eigenvalue weighted by molar-refractivity contribution is 0.0957. The molecule has 0 bridgehead atoms. The van der Waals surface area contributed by atoms with Crippen LogP contribution in [0.4, 0.5) is 5.82 Å². The number of nitriles is 1. The van der Waals surface area contributed by atoms with Crippen molar-refractivity contribution in [1.82, 2.24) is 20.4 Å². The smallest absolute Gasteiger partial charge is 0.271 e. The number of aromatic nitrogens is 2. The van der Waals surface area contributed by atoms with Gasteiger partial charge in [-0.15, -0.1) is 10.2 Å². The topological polar surface area (TPSA) is 85.2 Å². The van der Waals surface area contributed by atoms with E-state index in [1.165, 1.54) is 0 Å². The molecule has 1 aromatic rings. The molecule has 0 atom stereocenters. The summed E-state index contributed by atoms with van der Waals surface area (Å²) < 4.78 is 0. The highest BCUT2D eigenvalue weighted by Crippen LogP contribution is 2.18. The maximum absolute atomic E-state index is 11.4. The SMILES string of the molecule is CNC(=O)c1ccc(N2CCN(C(C)(C)C#N)CC2)nn1. The largest absolute Gasteiger partial charge is 0.354 e. The Hall–Kier alpha value is -2.20. The second-order valence-electron chi connectivity index (χ2n) is 5.50. The lowest BCUT2D eigenvalue weighted by Crippen LogP contribution is -2.54. The summed E-state index contributed by atoms with van der Waals surface area (Å²) in [5, 5.41) is 19.7. The number of hydrogen-bond donors (Lipinski definition) is 1. The first kappa shape index (κ1) is 15.2. The molecule has 0 aromatic carbocycles. The van der Waals surface area contributed by atoms with Crippen LogP contribution in [0.3, 0.4) is 0 Å². The number of carbonyl (C=O) groups excluding carboxylic acids is 1. The van der Waals surface area contributed by atoms with Gasteiger partial charge in [0.2, 0.25) is 0 Å². The van der Waals surface area contributed by atoms with Gasteiger partial charge in [0, 0.05) is 33.2 Å². The third-order valence-electron chi connectivity index (χ3n) is 3.78. The van der Waals surface area contributed by atoms with Crippen molar-refractivity contribution in [2.75, 3.05) is 38.1 Å². The monoisotopic (exact) mass is 288 g/mol. The van der Waals surface area contributed by atoms with Crippen LogP contribution in [0, 0.1) is 11.3 Å². The zero-order chi connectivity index (χ0) is 15.5. The van der Waals surface area contributed by atoms with Crippen molar-refractivity contribution in [2.24, 2.45) is 0 Å². The van der Waals surface area contributed by atoms with E-state index in [1.54, 1.807) is 13.1 Å². The molecule has 1 aliphatic heterocycles. The molecule has 7 heteroatoms. The van der Waals surface area contributed by atoms with Crippen LogP contribution in [0.15, 0.2) is 12.1 Å². The normalized spacial score (nSPS) is 16.4.